The normalized spacial score (nSPS) is 17.5. The summed E-state index contributed by atoms with van der Waals surface area (Å²) < 4.78 is 11.4. The lowest BCUT2D eigenvalue weighted by atomic mass is 9.94. The number of hydrogen-bond acceptors (Lipinski definition) is 8. The van der Waals surface area contributed by atoms with Gasteiger partial charge in [-0.15, -0.1) is 11.8 Å². The highest BCUT2D eigenvalue weighted by Crippen LogP contribution is 2.39. The standard InChI is InChI=1S/C25H27ClN2O5S/c1-15(2)11-21(29)16-3-6-22(28-12-16)34-13-18-17-9-10-27-14-25(19(17)4-5-20(18)26)32-23(30)7-8-24(31)33-25/h3-6,12,15,27H,7-11,13-14H2,1-2H3. The average Bonchev–Trinajstić information content (AvgIpc) is 3.05. The number of esters is 2. The zero-order chi connectivity index (χ0) is 24.3. The monoisotopic (exact) mass is 502 g/mol. The molecule has 0 aliphatic carbocycles. The third-order valence-electron chi connectivity index (χ3n) is 5.80. The van der Waals surface area contributed by atoms with Crippen LogP contribution < -0.4 is 5.32 Å². The smallest absolute Gasteiger partial charge is 0.309 e. The highest BCUT2D eigenvalue weighted by molar-refractivity contribution is 7.98. The number of aromatic nitrogens is 1. The number of halogens is 1. The molecule has 2 aliphatic heterocycles. The molecule has 4 rings (SSSR count). The second kappa shape index (κ2) is 10.5. The van der Waals surface area contributed by atoms with Crippen molar-refractivity contribution in [3.05, 3.63) is 57.7 Å². The fraction of sp³-hybridized carbons (Fsp3) is 0.440. The largest absolute Gasteiger partial charge is 0.416 e. The maximum Gasteiger partial charge on any atom is 0.309 e. The minimum Gasteiger partial charge on any atom is -0.416 e. The molecule has 1 aromatic heterocycles. The minimum atomic E-state index is -1.50. The summed E-state index contributed by atoms with van der Waals surface area (Å²) in [7, 11) is 0. The van der Waals surface area contributed by atoms with Crippen LogP contribution in [0.2, 0.25) is 5.02 Å². The van der Waals surface area contributed by atoms with Crippen molar-refractivity contribution >= 4 is 41.1 Å². The van der Waals surface area contributed by atoms with Crippen molar-refractivity contribution in [2.45, 2.75) is 56.1 Å². The molecule has 0 saturated carbocycles. The first-order chi connectivity index (χ1) is 16.3. The lowest BCUT2D eigenvalue weighted by molar-refractivity contribution is -0.225. The second-order valence-electron chi connectivity index (χ2n) is 8.87. The highest BCUT2D eigenvalue weighted by atomic mass is 35.5. The van der Waals surface area contributed by atoms with Crippen molar-refractivity contribution in [3.8, 4) is 0 Å². The first kappa shape index (κ1) is 24.7. The molecule has 2 aromatic rings. The molecule has 7 nitrogen and oxygen atoms in total. The van der Waals surface area contributed by atoms with Gasteiger partial charge in [0.2, 0.25) is 0 Å². The van der Waals surface area contributed by atoms with E-state index in [1.165, 1.54) is 11.8 Å². The number of carbonyl (C=O) groups excluding carboxylic acids is 3. The molecule has 0 atom stereocenters. The quantitative estimate of drug-likeness (QED) is 0.352. The first-order valence-corrected chi connectivity index (χ1v) is 12.7. The Morgan fingerprint density at radius 2 is 1.88 bits per heavy atom. The molecule has 0 amide bonds. The van der Waals surface area contributed by atoms with Crippen molar-refractivity contribution in [2.75, 3.05) is 13.1 Å². The van der Waals surface area contributed by atoms with E-state index in [2.05, 4.69) is 10.3 Å². The first-order valence-electron chi connectivity index (χ1n) is 11.3. The number of nitrogens with zero attached hydrogens (tertiary/aromatic N) is 1. The number of ketones is 1. The van der Waals surface area contributed by atoms with Crippen molar-refractivity contribution in [2.24, 2.45) is 5.92 Å². The van der Waals surface area contributed by atoms with Gasteiger partial charge in [0.25, 0.3) is 5.79 Å². The second-order valence-corrected chi connectivity index (χ2v) is 10.3. The summed E-state index contributed by atoms with van der Waals surface area (Å²) in [5, 5.41) is 4.57. The van der Waals surface area contributed by atoms with Crippen molar-refractivity contribution in [1.29, 1.82) is 0 Å². The van der Waals surface area contributed by atoms with Gasteiger partial charge in [-0.2, -0.15) is 0 Å². The molecule has 0 bridgehead atoms. The molecule has 180 valence electrons. The van der Waals surface area contributed by atoms with E-state index < -0.39 is 17.7 Å². The molecule has 3 heterocycles. The number of thioether (sulfide) groups is 1. The van der Waals surface area contributed by atoms with Gasteiger partial charge in [0.1, 0.15) is 0 Å². The van der Waals surface area contributed by atoms with Crippen molar-refractivity contribution in [1.82, 2.24) is 10.3 Å². The number of Topliss-reactive ketones (excluding diaryl/α,β-unsaturated/α-hetero) is 1. The summed E-state index contributed by atoms with van der Waals surface area (Å²) in [6.07, 6.45) is 2.73. The lowest BCUT2D eigenvalue weighted by Gasteiger charge is -2.32. The van der Waals surface area contributed by atoms with Crippen LogP contribution in [-0.4, -0.2) is 35.8 Å². The van der Waals surface area contributed by atoms with Gasteiger partial charge in [-0.25, -0.2) is 4.98 Å². The fourth-order valence-corrected chi connectivity index (χ4v) is 5.40. The van der Waals surface area contributed by atoms with Crippen molar-refractivity contribution in [3.63, 3.8) is 0 Å². The molecular weight excluding hydrogens is 476 g/mol. The zero-order valence-corrected chi connectivity index (χ0v) is 20.8. The number of carbonyl (C=O) groups is 3. The number of fused-ring (bicyclic) bond motifs is 2. The third-order valence-corrected chi connectivity index (χ3v) is 7.13. The van der Waals surface area contributed by atoms with Gasteiger partial charge in [-0.3, -0.25) is 14.4 Å². The number of pyridine rings is 1. The van der Waals surface area contributed by atoms with Crippen LogP contribution >= 0.6 is 23.4 Å². The predicted octanol–water partition coefficient (Wildman–Crippen LogP) is 4.43. The molecule has 1 spiro atoms. The van der Waals surface area contributed by atoms with Crippen LogP contribution in [0.5, 0.6) is 0 Å². The number of benzene rings is 1. The summed E-state index contributed by atoms with van der Waals surface area (Å²) in [5.41, 5.74) is 3.03. The molecule has 9 heteroatoms. The Hall–Kier alpha value is -2.42. The van der Waals surface area contributed by atoms with E-state index in [-0.39, 0.29) is 25.2 Å². The summed E-state index contributed by atoms with van der Waals surface area (Å²) in [4.78, 5) is 41.3. The highest BCUT2D eigenvalue weighted by Gasteiger charge is 2.45. The van der Waals surface area contributed by atoms with Crippen LogP contribution in [0.4, 0.5) is 0 Å². The van der Waals surface area contributed by atoms with Gasteiger partial charge in [-0.1, -0.05) is 25.4 Å². The average molecular weight is 503 g/mol. The number of rotatable bonds is 6. The van der Waals surface area contributed by atoms with Gasteiger partial charge in [-0.05, 0) is 54.3 Å². The van der Waals surface area contributed by atoms with Gasteiger partial charge >= 0.3 is 11.9 Å². The Morgan fingerprint density at radius 1 is 1.15 bits per heavy atom. The van der Waals surface area contributed by atoms with Crippen LogP contribution in [0.1, 0.15) is 60.2 Å². The SMILES string of the molecule is CC(C)CC(=O)c1ccc(SCc2c(Cl)ccc3c2CCNCC32OC(=O)CCC(=O)O2)nc1. The summed E-state index contributed by atoms with van der Waals surface area (Å²) >= 11 is 8.10. The lowest BCUT2D eigenvalue weighted by Crippen LogP contribution is -2.43. The molecule has 1 N–H and O–H groups in total. The zero-order valence-electron chi connectivity index (χ0n) is 19.2. The predicted molar refractivity (Wildman–Crippen MR) is 129 cm³/mol. The molecule has 34 heavy (non-hydrogen) atoms. The van der Waals surface area contributed by atoms with Crippen LogP contribution in [0.15, 0.2) is 35.5 Å². The Balaban J connectivity index is 1.60. The summed E-state index contributed by atoms with van der Waals surface area (Å²) in [5.74, 6) is -1.54. The van der Waals surface area contributed by atoms with E-state index in [4.69, 9.17) is 21.1 Å². The number of nitrogens with one attached hydrogen (secondary N) is 1. The molecular formula is C25H27ClN2O5S. The molecule has 1 fully saturated rings. The number of hydrogen-bond donors (Lipinski definition) is 1. The Morgan fingerprint density at radius 3 is 2.53 bits per heavy atom. The maximum atomic E-state index is 12.3. The van der Waals surface area contributed by atoms with Gasteiger partial charge in [0, 0.05) is 34.5 Å². The molecule has 1 aromatic carbocycles. The Labute approximate surface area is 207 Å². The summed E-state index contributed by atoms with van der Waals surface area (Å²) in [6, 6.07) is 7.16. The van der Waals surface area contributed by atoms with Crippen LogP contribution in [0.3, 0.4) is 0 Å². The molecule has 2 aliphatic rings. The van der Waals surface area contributed by atoms with Crippen LogP contribution in [-0.2, 0) is 37.0 Å². The van der Waals surface area contributed by atoms with E-state index in [0.29, 0.717) is 47.2 Å². The van der Waals surface area contributed by atoms with E-state index >= 15 is 0 Å². The molecule has 0 unspecified atom stereocenters. The van der Waals surface area contributed by atoms with Gasteiger partial charge in [0.15, 0.2) is 5.78 Å². The van der Waals surface area contributed by atoms with Gasteiger partial charge < -0.3 is 14.8 Å². The topological polar surface area (TPSA) is 94.6 Å². The minimum absolute atomic E-state index is 0.00640. The van der Waals surface area contributed by atoms with Gasteiger partial charge in [0.05, 0.1) is 24.4 Å². The van der Waals surface area contributed by atoms with E-state index in [9.17, 15) is 14.4 Å². The van der Waals surface area contributed by atoms with E-state index in [1.54, 1.807) is 24.4 Å². The van der Waals surface area contributed by atoms with Crippen molar-refractivity contribution < 1.29 is 23.9 Å². The van der Waals surface area contributed by atoms with Crippen LogP contribution in [0, 0.1) is 5.92 Å². The third kappa shape index (κ3) is 5.45. The molecule has 1 saturated heterocycles. The van der Waals surface area contributed by atoms with Crippen LogP contribution in [0.25, 0.3) is 0 Å². The fourth-order valence-electron chi connectivity index (χ4n) is 4.17. The van der Waals surface area contributed by atoms with E-state index in [1.807, 2.05) is 19.9 Å². The summed E-state index contributed by atoms with van der Waals surface area (Å²) in [6.45, 7) is 4.82. The maximum absolute atomic E-state index is 12.3. The Kier molecular flexibility index (Phi) is 7.60. The molecule has 0 radical (unpaired) electrons. The Bertz CT molecular complexity index is 1090. The van der Waals surface area contributed by atoms with E-state index in [0.717, 1.165) is 16.2 Å². The number of ether oxygens (including phenoxy) is 2.